The second kappa shape index (κ2) is 5.44. The number of hydrogen-bond acceptors (Lipinski definition) is 4. The van der Waals surface area contributed by atoms with E-state index >= 15 is 0 Å². The zero-order valence-electron chi connectivity index (χ0n) is 9.45. The lowest BCUT2D eigenvalue weighted by atomic mass is 9.80. The highest BCUT2D eigenvalue weighted by Gasteiger charge is 2.12. The predicted octanol–water partition coefficient (Wildman–Crippen LogP) is 0.0137. The third kappa shape index (κ3) is 2.94. The van der Waals surface area contributed by atoms with E-state index in [9.17, 15) is 4.79 Å². The zero-order valence-corrected chi connectivity index (χ0v) is 9.45. The van der Waals surface area contributed by atoms with E-state index in [1.54, 1.807) is 24.4 Å². The largest absolute Gasteiger partial charge is 0.488 e. The van der Waals surface area contributed by atoms with Gasteiger partial charge in [-0.15, -0.1) is 0 Å². The van der Waals surface area contributed by atoms with Crippen molar-refractivity contribution in [1.82, 2.24) is 4.98 Å². The van der Waals surface area contributed by atoms with Crippen molar-refractivity contribution in [2.24, 2.45) is 0 Å². The summed E-state index contributed by atoms with van der Waals surface area (Å²) < 4.78 is 0. The first-order valence-corrected chi connectivity index (χ1v) is 5.35. The summed E-state index contributed by atoms with van der Waals surface area (Å²) in [5.41, 5.74) is 0.759. The van der Waals surface area contributed by atoms with Crippen LogP contribution in [0.1, 0.15) is 10.4 Å². The molecule has 0 fully saturated rings. The molecule has 1 heterocycles. The molecule has 0 saturated heterocycles. The number of anilines is 1. The van der Waals surface area contributed by atoms with Gasteiger partial charge >= 0.3 is 7.12 Å². The van der Waals surface area contributed by atoms with Gasteiger partial charge in [-0.3, -0.25) is 4.79 Å². The van der Waals surface area contributed by atoms with Crippen molar-refractivity contribution in [3.8, 4) is 0 Å². The molecule has 1 amide bonds. The van der Waals surface area contributed by atoms with Crippen LogP contribution in [0.15, 0.2) is 48.7 Å². The summed E-state index contributed by atoms with van der Waals surface area (Å²) in [6.45, 7) is 0. The highest BCUT2D eigenvalue weighted by molar-refractivity contribution is 6.58. The summed E-state index contributed by atoms with van der Waals surface area (Å²) in [7, 11) is -1.53. The van der Waals surface area contributed by atoms with E-state index < -0.39 is 7.12 Å². The molecule has 18 heavy (non-hydrogen) atoms. The highest BCUT2D eigenvalue weighted by Crippen LogP contribution is 2.04. The van der Waals surface area contributed by atoms with Crippen molar-refractivity contribution < 1.29 is 14.8 Å². The average Bonchev–Trinajstić information content (AvgIpc) is 2.40. The number of carbonyl (C=O) groups is 1. The minimum absolute atomic E-state index is 0.298. The van der Waals surface area contributed by atoms with Crippen LogP contribution in [0.2, 0.25) is 0 Å². The van der Waals surface area contributed by atoms with Crippen LogP contribution in [0.5, 0.6) is 0 Å². The molecule has 0 saturated carbocycles. The summed E-state index contributed by atoms with van der Waals surface area (Å²) in [4.78, 5) is 15.8. The van der Waals surface area contributed by atoms with Crippen LogP contribution in [0.25, 0.3) is 0 Å². The smallest absolute Gasteiger partial charge is 0.423 e. The first kappa shape index (κ1) is 12.3. The van der Waals surface area contributed by atoms with Gasteiger partial charge < -0.3 is 15.4 Å². The lowest BCUT2D eigenvalue weighted by Crippen LogP contribution is -2.29. The molecular formula is C12H11BN2O3. The Kier molecular flexibility index (Phi) is 3.71. The fourth-order valence-corrected chi connectivity index (χ4v) is 1.43. The minimum atomic E-state index is -1.53. The van der Waals surface area contributed by atoms with Crippen molar-refractivity contribution in [3.05, 3.63) is 54.2 Å². The second-order valence-corrected chi connectivity index (χ2v) is 3.66. The molecule has 0 aliphatic carbocycles. The summed E-state index contributed by atoms with van der Waals surface area (Å²) in [6.07, 6.45) is 1.58. The number of pyridine rings is 1. The number of hydrogen-bond donors (Lipinski definition) is 3. The Morgan fingerprint density at radius 3 is 2.39 bits per heavy atom. The van der Waals surface area contributed by atoms with Crippen LogP contribution in [-0.2, 0) is 0 Å². The van der Waals surface area contributed by atoms with E-state index in [-0.39, 0.29) is 5.91 Å². The van der Waals surface area contributed by atoms with E-state index in [0.29, 0.717) is 16.8 Å². The van der Waals surface area contributed by atoms with Gasteiger partial charge in [-0.1, -0.05) is 18.2 Å². The molecule has 90 valence electrons. The number of benzene rings is 1. The number of aromatic nitrogens is 1. The molecule has 6 heteroatoms. The molecule has 0 aliphatic heterocycles. The van der Waals surface area contributed by atoms with Gasteiger partial charge in [0.15, 0.2) is 0 Å². The Bertz CT molecular complexity index is 529. The Hall–Kier alpha value is -2.18. The average molecular weight is 242 g/mol. The van der Waals surface area contributed by atoms with Crippen LogP contribution in [0, 0.1) is 0 Å². The maximum Gasteiger partial charge on any atom is 0.488 e. The first-order chi connectivity index (χ1) is 8.66. The Balaban J connectivity index is 2.10. The van der Waals surface area contributed by atoms with Gasteiger partial charge in [-0.05, 0) is 29.7 Å². The standard InChI is InChI=1S/C12H11BN2O3/c16-12(15-11-3-1-2-8-14-11)9-4-6-10(7-5-9)13(17)18/h1-8,17-18H,(H,14,15,16). The van der Waals surface area contributed by atoms with Gasteiger partial charge in [0, 0.05) is 11.8 Å². The molecule has 0 unspecified atom stereocenters. The van der Waals surface area contributed by atoms with E-state index in [2.05, 4.69) is 10.3 Å². The van der Waals surface area contributed by atoms with Crippen LogP contribution < -0.4 is 10.8 Å². The monoisotopic (exact) mass is 242 g/mol. The number of nitrogens with one attached hydrogen (secondary N) is 1. The van der Waals surface area contributed by atoms with E-state index in [0.717, 1.165) is 0 Å². The maximum absolute atomic E-state index is 11.8. The molecule has 1 aromatic carbocycles. The number of amides is 1. The van der Waals surface area contributed by atoms with Crippen molar-refractivity contribution in [1.29, 1.82) is 0 Å². The van der Waals surface area contributed by atoms with Gasteiger partial charge in [0.2, 0.25) is 0 Å². The summed E-state index contributed by atoms with van der Waals surface area (Å²) in [5, 5.41) is 20.5. The molecule has 3 N–H and O–H groups in total. The van der Waals surface area contributed by atoms with E-state index in [1.807, 2.05) is 0 Å². The van der Waals surface area contributed by atoms with Gasteiger partial charge in [0.1, 0.15) is 5.82 Å². The van der Waals surface area contributed by atoms with Crippen molar-refractivity contribution >= 4 is 24.3 Å². The van der Waals surface area contributed by atoms with Gasteiger partial charge in [0.05, 0.1) is 0 Å². The third-order valence-corrected chi connectivity index (χ3v) is 2.38. The first-order valence-electron chi connectivity index (χ1n) is 5.35. The molecule has 0 bridgehead atoms. The van der Waals surface area contributed by atoms with E-state index in [4.69, 9.17) is 10.0 Å². The predicted molar refractivity (Wildman–Crippen MR) is 68.5 cm³/mol. The number of nitrogens with zero attached hydrogens (tertiary/aromatic N) is 1. The molecule has 2 rings (SSSR count). The van der Waals surface area contributed by atoms with Crippen molar-refractivity contribution in [2.75, 3.05) is 5.32 Å². The van der Waals surface area contributed by atoms with Gasteiger partial charge in [-0.2, -0.15) is 0 Å². The van der Waals surface area contributed by atoms with Crippen molar-refractivity contribution in [3.63, 3.8) is 0 Å². The summed E-state index contributed by atoms with van der Waals surface area (Å²) in [6, 6.07) is 11.2. The zero-order chi connectivity index (χ0) is 13.0. The lowest BCUT2D eigenvalue weighted by Gasteiger charge is -2.05. The maximum atomic E-state index is 11.8. The highest BCUT2D eigenvalue weighted by atomic mass is 16.4. The lowest BCUT2D eigenvalue weighted by molar-refractivity contribution is 0.102. The fourth-order valence-electron chi connectivity index (χ4n) is 1.43. The normalized spacial score (nSPS) is 9.89. The Morgan fingerprint density at radius 1 is 1.11 bits per heavy atom. The SMILES string of the molecule is O=C(Nc1ccccn1)c1ccc(B(O)O)cc1. The van der Waals surface area contributed by atoms with Gasteiger partial charge in [0.25, 0.3) is 5.91 Å². The molecule has 0 spiro atoms. The second-order valence-electron chi connectivity index (χ2n) is 3.66. The molecule has 1 aromatic heterocycles. The van der Waals surface area contributed by atoms with Crippen LogP contribution >= 0.6 is 0 Å². The minimum Gasteiger partial charge on any atom is -0.423 e. The summed E-state index contributed by atoms with van der Waals surface area (Å²) in [5.74, 6) is 0.168. The molecule has 0 radical (unpaired) electrons. The Labute approximate surface area is 104 Å². The Morgan fingerprint density at radius 2 is 1.83 bits per heavy atom. The third-order valence-electron chi connectivity index (χ3n) is 2.38. The van der Waals surface area contributed by atoms with Crippen LogP contribution in [0.4, 0.5) is 5.82 Å². The number of carbonyl (C=O) groups excluding carboxylic acids is 1. The number of rotatable bonds is 3. The van der Waals surface area contributed by atoms with Crippen LogP contribution in [-0.4, -0.2) is 28.1 Å². The van der Waals surface area contributed by atoms with E-state index in [1.165, 1.54) is 24.3 Å². The molecule has 2 aromatic rings. The molecular weight excluding hydrogens is 231 g/mol. The molecule has 5 nitrogen and oxygen atoms in total. The summed E-state index contributed by atoms with van der Waals surface area (Å²) >= 11 is 0. The van der Waals surface area contributed by atoms with Crippen molar-refractivity contribution in [2.45, 2.75) is 0 Å². The molecule has 0 atom stereocenters. The van der Waals surface area contributed by atoms with Gasteiger partial charge in [-0.25, -0.2) is 4.98 Å². The topological polar surface area (TPSA) is 82.5 Å². The van der Waals surface area contributed by atoms with Crippen LogP contribution in [0.3, 0.4) is 0 Å². The molecule has 0 aliphatic rings. The quantitative estimate of drug-likeness (QED) is 0.662. The fraction of sp³-hybridized carbons (Fsp3) is 0.